The van der Waals surface area contributed by atoms with E-state index in [9.17, 15) is 0 Å². The second-order valence-electron chi connectivity index (χ2n) is 26.7. The van der Waals surface area contributed by atoms with Gasteiger partial charge in [-0.05, 0) is 145 Å². The molecule has 0 unspecified atom stereocenters. The lowest BCUT2D eigenvalue weighted by Crippen LogP contribution is -2.62. The summed E-state index contributed by atoms with van der Waals surface area (Å²) in [4.78, 5) is 13.7. The first-order valence-corrected chi connectivity index (χ1v) is 27.7. The van der Waals surface area contributed by atoms with Crippen LogP contribution in [0.4, 0.5) is 51.3 Å². The number of hydrogen-bond acceptors (Lipinski definition) is 4. The number of para-hydroxylation sites is 3. The maximum absolute atomic E-state index is 6.11. The van der Waals surface area contributed by atoms with Crippen molar-refractivity contribution in [3.05, 3.63) is 216 Å². The molecule has 5 nitrogen and oxygen atoms in total. The highest BCUT2D eigenvalue weighted by atomic mass is 15.3. The van der Waals surface area contributed by atoms with Crippen LogP contribution in [0, 0.1) is 0 Å². The van der Waals surface area contributed by atoms with Crippen LogP contribution in [0.3, 0.4) is 0 Å². The van der Waals surface area contributed by atoms with E-state index in [2.05, 4.69) is 311 Å². The highest BCUT2D eigenvalue weighted by molar-refractivity contribution is 7.00. The summed E-state index contributed by atoms with van der Waals surface area (Å²) in [7, 11) is 0. The van der Waals surface area contributed by atoms with Crippen molar-refractivity contribution in [3.63, 3.8) is 0 Å². The molecule has 0 fully saturated rings. The Bertz CT molecular complexity index is 3560. The van der Waals surface area contributed by atoms with Gasteiger partial charge in [0.25, 0.3) is 6.71 Å². The fourth-order valence-corrected chi connectivity index (χ4v) is 11.4. The lowest BCUT2D eigenvalue weighted by molar-refractivity contribution is 0.568. The molecule has 3 heterocycles. The van der Waals surface area contributed by atoms with Crippen LogP contribution in [0.5, 0.6) is 0 Å². The van der Waals surface area contributed by atoms with Crippen LogP contribution in [0.15, 0.2) is 188 Å². The number of aromatic nitrogens is 2. The largest absolute Gasteiger partial charge is 0.311 e. The summed E-state index contributed by atoms with van der Waals surface area (Å²) in [5.41, 5.74) is 20.5. The smallest absolute Gasteiger partial charge is 0.277 e. The van der Waals surface area contributed by atoms with E-state index in [-0.39, 0.29) is 33.8 Å². The Morgan fingerprint density at radius 2 is 0.818 bits per heavy atom. The second kappa shape index (κ2) is 18.6. The predicted molar refractivity (Wildman–Crippen MR) is 331 cm³/mol. The molecule has 0 atom stereocenters. The standard InChI is InChI=1S/C71H76BN5/c1-67(2,3)48-33-31-47(32-34-48)65-73-64-66(77(65)55-29-23-18-24-30-55)76(57-42-51(70(10,11)12)41-52(43-57)71(13,14)15)62-46-58(74(53-25-19-16-20-26-53)54-27-21-17-22-28-54)45-61-63(62)72(64)59-44-50(69(7,8)9)37-40-60(59)75(61)56-38-35-49(36-39-56)68(4,5)6/h16-46H,1-15H3. The molecule has 8 aromatic carbocycles. The number of imidazole rings is 1. The van der Waals surface area contributed by atoms with E-state index in [0.717, 1.165) is 74.0 Å². The van der Waals surface area contributed by atoms with E-state index >= 15 is 0 Å². The molecule has 0 N–H and O–H groups in total. The first-order valence-electron chi connectivity index (χ1n) is 27.7. The van der Waals surface area contributed by atoms with E-state index in [1.54, 1.807) is 0 Å². The molecule has 2 aliphatic rings. The quantitative estimate of drug-likeness (QED) is 0.149. The summed E-state index contributed by atoms with van der Waals surface area (Å²) in [6.45, 7) is 34.6. The molecule has 0 spiro atoms. The van der Waals surface area contributed by atoms with Gasteiger partial charge in [-0.2, -0.15) is 0 Å². The van der Waals surface area contributed by atoms with Gasteiger partial charge in [0.15, 0.2) is 0 Å². The first kappa shape index (κ1) is 51.5. The molecule has 11 rings (SSSR count). The minimum atomic E-state index is -0.241. The Morgan fingerprint density at radius 3 is 1.31 bits per heavy atom. The normalized spacial score (nSPS) is 13.6. The molecule has 6 heteroatoms. The van der Waals surface area contributed by atoms with Crippen LogP contribution in [-0.4, -0.2) is 16.3 Å². The minimum absolute atomic E-state index is 0.00903. The van der Waals surface area contributed by atoms with Gasteiger partial charge >= 0.3 is 0 Å². The molecule has 77 heavy (non-hydrogen) atoms. The molecule has 9 aromatic rings. The minimum Gasteiger partial charge on any atom is -0.311 e. The SMILES string of the molecule is CC(C)(C)c1ccc(-c2nc3c(n2-c2ccccc2)N(c2cc(C(C)(C)C)cc(C(C)(C)C)c2)c2cc(N(c4ccccc4)c4ccccc4)cc4c2B3c2cc(C(C)(C)C)ccc2N4c2ccc(C(C)(C)C)cc2)cc1. The summed E-state index contributed by atoms with van der Waals surface area (Å²) < 4.78 is 2.47. The van der Waals surface area contributed by atoms with Gasteiger partial charge in [0.1, 0.15) is 11.6 Å². The Balaban J connectivity index is 1.35. The Labute approximate surface area is 460 Å². The van der Waals surface area contributed by atoms with Gasteiger partial charge < -0.3 is 9.80 Å². The monoisotopic (exact) mass is 1010 g/mol. The van der Waals surface area contributed by atoms with Gasteiger partial charge in [0.2, 0.25) is 0 Å². The molecule has 2 aliphatic heterocycles. The van der Waals surface area contributed by atoms with Crippen LogP contribution in [0.2, 0.25) is 0 Å². The van der Waals surface area contributed by atoms with Crippen molar-refractivity contribution in [2.24, 2.45) is 0 Å². The Hall–Kier alpha value is -7.57. The molecule has 1 aromatic heterocycles. The highest BCUT2D eigenvalue weighted by Gasteiger charge is 2.48. The van der Waals surface area contributed by atoms with Gasteiger partial charge in [-0.25, -0.2) is 4.98 Å². The predicted octanol–water partition coefficient (Wildman–Crippen LogP) is 17.6. The molecule has 0 aliphatic carbocycles. The average Bonchev–Trinajstić information content (AvgIpc) is 4.01. The fourth-order valence-electron chi connectivity index (χ4n) is 11.4. The van der Waals surface area contributed by atoms with Gasteiger partial charge in [-0.1, -0.05) is 213 Å². The molecule has 388 valence electrons. The third-order valence-electron chi connectivity index (χ3n) is 15.9. The van der Waals surface area contributed by atoms with E-state index < -0.39 is 0 Å². The van der Waals surface area contributed by atoms with Crippen LogP contribution in [0.25, 0.3) is 17.1 Å². The Kier molecular flexibility index (Phi) is 12.4. The summed E-state index contributed by atoms with van der Waals surface area (Å²) in [5.74, 6) is 1.95. The summed E-state index contributed by atoms with van der Waals surface area (Å²) in [6.07, 6.45) is 0. The van der Waals surface area contributed by atoms with Crippen molar-refractivity contribution >= 4 is 74.5 Å². The van der Waals surface area contributed by atoms with Crippen molar-refractivity contribution < 1.29 is 0 Å². The van der Waals surface area contributed by atoms with Crippen molar-refractivity contribution in [1.29, 1.82) is 0 Å². The van der Waals surface area contributed by atoms with Gasteiger partial charge in [-0.15, -0.1) is 0 Å². The molecule has 0 bridgehead atoms. The zero-order valence-electron chi connectivity index (χ0n) is 48.2. The van der Waals surface area contributed by atoms with Crippen LogP contribution < -0.4 is 31.2 Å². The molecule has 0 saturated carbocycles. The van der Waals surface area contributed by atoms with E-state index in [0.29, 0.717) is 0 Å². The van der Waals surface area contributed by atoms with Crippen LogP contribution in [0.1, 0.15) is 132 Å². The highest BCUT2D eigenvalue weighted by Crippen LogP contribution is 2.51. The number of anilines is 9. The topological polar surface area (TPSA) is 27.5 Å². The summed E-state index contributed by atoms with van der Waals surface area (Å²) in [5, 5.41) is 0. The van der Waals surface area contributed by atoms with Crippen molar-refractivity contribution in [3.8, 4) is 17.1 Å². The lowest BCUT2D eigenvalue weighted by Gasteiger charge is -2.44. The van der Waals surface area contributed by atoms with E-state index in [1.807, 2.05) is 0 Å². The van der Waals surface area contributed by atoms with Crippen LogP contribution >= 0.6 is 0 Å². The third-order valence-corrected chi connectivity index (χ3v) is 15.9. The number of benzene rings is 8. The molecular formula is C71H76BN5. The zero-order valence-corrected chi connectivity index (χ0v) is 48.2. The molecule has 0 radical (unpaired) electrons. The zero-order chi connectivity index (χ0) is 54.6. The van der Waals surface area contributed by atoms with Gasteiger partial charge in [-0.3, -0.25) is 9.47 Å². The lowest BCUT2D eigenvalue weighted by atomic mass is 9.35. The molecule has 0 amide bonds. The maximum Gasteiger partial charge on any atom is 0.277 e. The maximum atomic E-state index is 6.11. The second-order valence-corrected chi connectivity index (χ2v) is 26.7. The van der Waals surface area contributed by atoms with Crippen molar-refractivity contribution in [2.45, 2.75) is 131 Å². The molecular weight excluding hydrogens is 934 g/mol. The van der Waals surface area contributed by atoms with E-state index in [1.165, 1.54) is 38.7 Å². The summed E-state index contributed by atoms with van der Waals surface area (Å²) >= 11 is 0. The number of fused-ring (bicyclic) bond motifs is 4. The fraction of sp³-hybridized carbons (Fsp3) is 0.282. The Morgan fingerprint density at radius 1 is 0.364 bits per heavy atom. The number of hydrogen-bond donors (Lipinski definition) is 0. The van der Waals surface area contributed by atoms with Crippen molar-refractivity contribution in [1.82, 2.24) is 9.55 Å². The first-order chi connectivity index (χ1) is 36.4. The van der Waals surface area contributed by atoms with Gasteiger partial charge in [0.05, 0.1) is 11.3 Å². The third kappa shape index (κ3) is 9.38. The van der Waals surface area contributed by atoms with Crippen molar-refractivity contribution in [2.75, 3.05) is 14.7 Å². The van der Waals surface area contributed by atoms with Crippen LogP contribution in [-0.2, 0) is 27.1 Å². The van der Waals surface area contributed by atoms with Gasteiger partial charge in [0, 0.05) is 51.1 Å². The van der Waals surface area contributed by atoms with E-state index in [4.69, 9.17) is 4.98 Å². The summed E-state index contributed by atoms with van der Waals surface area (Å²) in [6, 6.07) is 70.7. The molecule has 0 saturated heterocycles. The average molecular weight is 1010 g/mol. The number of nitrogens with zero attached hydrogens (tertiary/aromatic N) is 5. The number of rotatable bonds is 7.